The summed E-state index contributed by atoms with van der Waals surface area (Å²) in [6.45, 7) is 6.47. The molecule has 3 amide bonds. The van der Waals surface area contributed by atoms with Gasteiger partial charge in [-0.3, -0.25) is 19.7 Å². The van der Waals surface area contributed by atoms with Crippen molar-refractivity contribution in [1.29, 1.82) is 0 Å². The molecule has 0 unspecified atom stereocenters. The first-order chi connectivity index (χ1) is 28.7. The highest BCUT2D eigenvalue weighted by molar-refractivity contribution is 6.05. The molecule has 0 radical (unpaired) electrons. The first-order valence-electron chi connectivity index (χ1n) is 22.0. The number of carbonyl (C=O) groups excluding carboxylic acids is 3. The number of hydrogen-bond donors (Lipinski definition) is 2. The SMILES string of the molecule is O=C1CC[C@H](N2Cc3cc4c(cc3C2=O)OCC42CCN(CC3CC4(CCN(c5ccc([C@@H]6c7ccc(O)cc7CC[C@@H]6c6ccccc6)cn5)CC4)C3)CC2)C(=O)N1. The molecular weight excluding hydrogens is 739 g/mol. The molecule has 1 saturated carbocycles. The fraction of sp³-hybridized carbons (Fsp3) is 0.469. The van der Waals surface area contributed by atoms with Crippen LogP contribution in [0, 0.1) is 11.3 Å². The molecule has 0 bridgehead atoms. The Morgan fingerprint density at radius 3 is 2.41 bits per heavy atom. The number of phenolic OH excluding ortho intramolecular Hbond substituents is 1. The van der Waals surface area contributed by atoms with Gasteiger partial charge in [-0.2, -0.15) is 0 Å². The van der Waals surface area contributed by atoms with Gasteiger partial charge in [0.2, 0.25) is 11.8 Å². The van der Waals surface area contributed by atoms with E-state index in [1.54, 1.807) is 4.90 Å². The van der Waals surface area contributed by atoms with E-state index >= 15 is 0 Å². The number of rotatable bonds is 6. The minimum Gasteiger partial charge on any atom is -0.508 e. The molecular formula is C49H53N5O5. The summed E-state index contributed by atoms with van der Waals surface area (Å²) in [5, 5.41) is 12.6. The van der Waals surface area contributed by atoms with Crippen LogP contribution in [0.25, 0.3) is 0 Å². The van der Waals surface area contributed by atoms with Crippen molar-refractivity contribution < 1.29 is 24.2 Å². The summed E-state index contributed by atoms with van der Waals surface area (Å²) in [6.07, 6.45) is 12.0. The number of anilines is 1. The van der Waals surface area contributed by atoms with Gasteiger partial charge < -0.3 is 24.5 Å². The molecule has 2 spiro atoms. The standard InChI is InChI=1S/C49H53N5O5/c55-36-8-10-38-33(22-36)6-9-37(32-4-2-1-3-5-32)45(38)34-7-12-43(50-27-34)53-20-14-48(15-21-53)25-31(26-48)28-52-18-16-49(17-19-52)30-59-42-24-39-35(23-40(42)49)29-54(47(39)58)41-11-13-44(56)51-46(41)57/h1-5,7-8,10,12,22-24,27,31,37,41,45,55H,6,9,11,13-21,25-26,28-30H2,(H,51,56,57)/t37-,41+,45+/m1/s1. The summed E-state index contributed by atoms with van der Waals surface area (Å²) in [4.78, 5) is 49.6. The van der Waals surface area contributed by atoms with Crippen LogP contribution in [-0.4, -0.2) is 83.0 Å². The van der Waals surface area contributed by atoms with E-state index in [1.807, 2.05) is 18.2 Å². The first kappa shape index (κ1) is 36.8. The summed E-state index contributed by atoms with van der Waals surface area (Å²) < 4.78 is 6.29. The summed E-state index contributed by atoms with van der Waals surface area (Å²) >= 11 is 0. The Morgan fingerprint density at radius 1 is 0.831 bits per heavy atom. The fourth-order valence-corrected chi connectivity index (χ4v) is 12.3. The number of pyridine rings is 1. The topological polar surface area (TPSA) is 115 Å². The average Bonchev–Trinajstić information content (AvgIpc) is 3.75. The molecule has 2 N–H and O–H groups in total. The smallest absolute Gasteiger partial charge is 0.255 e. The highest BCUT2D eigenvalue weighted by atomic mass is 16.5. The number of carbonyl (C=O) groups is 3. The lowest BCUT2D eigenvalue weighted by molar-refractivity contribution is -0.136. The molecule has 5 aliphatic heterocycles. The summed E-state index contributed by atoms with van der Waals surface area (Å²) in [7, 11) is 0. The number of nitrogens with zero attached hydrogens (tertiary/aromatic N) is 4. The van der Waals surface area contributed by atoms with Crippen LogP contribution in [0.15, 0.2) is 79.0 Å². The van der Waals surface area contributed by atoms with Crippen LogP contribution in [0.5, 0.6) is 11.5 Å². The van der Waals surface area contributed by atoms with Gasteiger partial charge in [0.25, 0.3) is 5.91 Å². The Labute approximate surface area is 345 Å². The lowest BCUT2D eigenvalue weighted by Crippen LogP contribution is -2.52. The molecule has 6 heterocycles. The second kappa shape index (κ2) is 14.2. The summed E-state index contributed by atoms with van der Waals surface area (Å²) in [5.74, 6) is 2.79. The number of aromatic nitrogens is 1. The predicted octanol–water partition coefficient (Wildman–Crippen LogP) is 6.83. The van der Waals surface area contributed by atoms with Crippen molar-refractivity contribution in [2.75, 3.05) is 44.2 Å². The first-order valence-corrected chi connectivity index (χ1v) is 22.0. The Kier molecular flexibility index (Phi) is 8.87. The number of nitrogens with one attached hydrogen (secondary N) is 1. The van der Waals surface area contributed by atoms with Gasteiger partial charge in [0, 0.05) is 61.3 Å². The van der Waals surface area contributed by atoms with Gasteiger partial charge in [-0.25, -0.2) is 4.98 Å². The van der Waals surface area contributed by atoms with Gasteiger partial charge in [-0.15, -0.1) is 0 Å². The largest absolute Gasteiger partial charge is 0.508 e. The van der Waals surface area contributed by atoms with Crippen molar-refractivity contribution in [3.63, 3.8) is 0 Å². The van der Waals surface area contributed by atoms with E-state index < -0.39 is 6.04 Å². The second-order valence-electron chi connectivity index (χ2n) is 18.9. The molecule has 10 nitrogen and oxygen atoms in total. The maximum atomic E-state index is 13.4. The van der Waals surface area contributed by atoms with Crippen LogP contribution in [0.2, 0.25) is 0 Å². The molecule has 1 aromatic heterocycles. The van der Waals surface area contributed by atoms with E-state index in [9.17, 15) is 19.5 Å². The number of amides is 3. The van der Waals surface area contributed by atoms with E-state index in [0.29, 0.717) is 42.2 Å². The number of fused-ring (bicyclic) bond motifs is 4. The van der Waals surface area contributed by atoms with Gasteiger partial charge in [-0.1, -0.05) is 42.5 Å². The highest BCUT2D eigenvalue weighted by Gasteiger charge is 2.49. The molecule has 4 aromatic rings. The molecule has 4 fully saturated rings. The molecule has 3 aromatic carbocycles. The van der Waals surface area contributed by atoms with Crippen molar-refractivity contribution in [3.05, 3.63) is 118 Å². The van der Waals surface area contributed by atoms with Crippen LogP contribution >= 0.6 is 0 Å². The van der Waals surface area contributed by atoms with Crippen LogP contribution in [0.1, 0.15) is 113 Å². The van der Waals surface area contributed by atoms with Crippen LogP contribution < -0.4 is 15.0 Å². The van der Waals surface area contributed by atoms with Gasteiger partial charge in [0.15, 0.2) is 0 Å². The number of benzene rings is 3. The molecule has 10 heteroatoms. The zero-order valence-electron chi connectivity index (χ0n) is 33.7. The number of ether oxygens (including phenoxy) is 1. The van der Waals surface area contributed by atoms with E-state index in [0.717, 1.165) is 74.9 Å². The number of phenols is 1. The Hall–Kier alpha value is -5.22. The number of aromatic hydroxyl groups is 1. The third-order valence-electron chi connectivity index (χ3n) is 15.6. The van der Waals surface area contributed by atoms with Crippen molar-refractivity contribution in [2.45, 2.75) is 94.0 Å². The number of imide groups is 1. The number of hydrogen-bond acceptors (Lipinski definition) is 8. The summed E-state index contributed by atoms with van der Waals surface area (Å²) in [5.41, 5.74) is 8.43. The Morgan fingerprint density at radius 2 is 1.64 bits per heavy atom. The van der Waals surface area contributed by atoms with Crippen LogP contribution in [0.4, 0.5) is 5.82 Å². The maximum Gasteiger partial charge on any atom is 0.255 e. The molecule has 7 aliphatic rings. The van der Waals surface area contributed by atoms with Gasteiger partial charge in [0.1, 0.15) is 23.4 Å². The highest BCUT2D eigenvalue weighted by Crippen LogP contribution is 2.54. The van der Waals surface area contributed by atoms with Crippen molar-refractivity contribution >= 4 is 23.5 Å². The van der Waals surface area contributed by atoms with Gasteiger partial charge in [-0.05, 0) is 146 Å². The molecule has 3 atom stereocenters. The van der Waals surface area contributed by atoms with Gasteiger partial charge >= 0.3 is 0 Å². The fourth-order valence-electron chi connectivity index (χ4n) is 12.3. The summed E-state index contributed by atoms with van der Waals surface area (Å²) in [6, 6.07) is 24.8. The number of likely N-dealkylation sites (tertiary alicyclic amines) is 1. The molecule has 3 saturated heterocycles. The minimum absolute atomic E-state index is 0.0274. The average molecular weight is 792 g/mol. The van der Waals surface area contributed by atoms with Crippen molar-refractivity contribution in [3.8, 4) is 11.5 Å². The number of piperidine rings is 3. The van der Waals surface area contributed by atoms with Gasteiger partial charge in [0.05, 0.1) is 6.61 Å². The lowest BCUT2D eigenvalue weighted by Gasteiger charge is -2.54. The van der Waals surface area contributed by atoms with E-state index in [2.05, 4.69) is 75.9 Å². The third-order valence-corrected chi connectivity index (χ3v) is 15.6. The zero-order chi connectivity index (χ0) is 39.9. The Balaban J connectivity index is 0.684. The molecule has 304 valence electrons. The molecule has 2 aliphatic carbocycles. The monoisotopic (exact) mass is 791 g/mol. The molecule has 11 rings (SSSR count). The van der Waals surface area contributed by atoms with Crippen LogP contribution in [0.3, 0.4) is 0 Å². The zero-order valence-corrected chi connectivity index (χ0v) is 33.7. The van der Waals surface area contributed by atoms with E-state index in [4.69, 9.17) is 9.72 Å². The third kappa shape index (κ3) is 6.40. The van der Waals surface area contributed by atoms with Crippen molar-refractivity contribution in [1.82, 2.24) is 20.1 Å². The maximum absolute atomic E-state index is 13.4. The second-order valence-corrected chi connectivity index (χ2v) is 18.9. The van der Waals surface area contributed by atoms with Crippen molar-refractivity contribution in [2.24, 2.45) is 11.3 Å². The quantitative estimate of drug-likeness (QED) is 0.204. The van der Waals surface area contributed by atoms with E-state index in [1.165, 1.54) is 60.0 Å². The predicted molar refractivity (Wildman–Crippen MR) is 224 cm³/mol. The number of aryl methyl sites for hydroxylation is 1. The molecule has 59 heavy (non-hydrogen) atoms. The Bertz CT molecular complexity index is 2300. The van der Waals surface area contributed by atoms with E-state index in [-0.39, 0.29) is 35.5 Å². The minimum atomic E-state index is -0.605. The normalized spacial score (nSPS) is 26.0. The van der Waals surface area contributed by atoms with Crippen LogP contribution in [-0.2, 0) is 28.0 Å². The lowest BCUT2D eigenvalue weighted by atomic mass is 9.57.